The summed E-state index contributed by atoms with van der Waals surface area (Å²) < 4.78 is 0. The van der Waals surface area contributed by atoms with Gasteiger partial charge in [-0.15, -0.1) is 0 Å². The lowest BCUT2D eigenvalue weighted by atomic mass is 9.82. The highest BCUT2D eigenvalue weighted by Gasteiger charge is 2.39. The van der Waals surface area contributed by atoms with E-state index in [1.165, 1.54) is 19.3 Å². The van der Waals surface area contributed by atoms with Crippen LogP contribution in [0.1, 0.15) is 52.4 Å². The molecule has 0 spiro atoms. The number of likely N-dealkylation sites (tertiary alicyclic amines) is 1. The molecule has 0 aromatic heterocycles. The van der Waals surface area contributed by atoms with E-state index < -0.39 is 0 Å². The zero-order valence-electron chi connectivity index (χ0n) is 10.5. The molecule has 2 aliphatic rings. The fourth-order valence-electron chi connectivity index (χ4n) is 2.98. The number of carbonyl (C=O) groups is 1. The minimum atomic E-state index is -0.0316. The van der Waals surface area contributed by atoms with Crippen LogP contribution in [0.25, 0.3) is 0 Å². The van der Waals surface area contributed by atoms with E-state index in [4.69, 9.17) is 5.73 Å². The second-order valence-electron chi connectivity index (χ2n) is 6.12. The van der Waals surface area contributed by atoms with E-state index >= 15 is 0 Å². The fraction of sp³-hybridized carbons (Fsp3) is 0.923. The van der Waals surface area contributed by atoms with Crippen LogP contribution < -0.4 is 5.73 Å². The lowest BCUT2D eigenvalue weighted by molar-refractivity contribution is -0.134. The van der Waals surface area contributed by atoms with E-state index in [2.05, 4.69) is 13.8 Å². The van der Waals surface area contributed by atoms with Gasteiger partial charge in [-0.25, -0.2) is 0 Å². The van der Waals surface area contributed by atoms with Gasteiger partial charge in [0.25, 0.3) is 0 Å². The third-order valence-corrected chi connectivity index (χ3v) is 4.20. The van der Waals surface area contributed by atoms with Crippen LogP contribution in [0, 0.1) is 5.92 Å². The Morgan fingerprint density at radius 1 is 1.44 bits per heavy atom. The number of nitrogens with zero attached hydrogens (tertiary/aromatic N) is 1. The molecule has 1 aliphatic carbocycles. The first-order valence-corrected chi connectivity index (χ1v) is 6.55. The van der Waals surface area contributed by atoms with Crippen molar-refractivity contribution in [3.8, 4) is 0 Å². The van der Waals surface area contributed by atoms with Crippen LogP contribution in [0.2, 0.25) is 0 Å². The van der Waals surface area contributed by atoms with Gasteiger partial charge < -0.3 is 10.6 Å². The summed E-state index contributed by atoms with van der Waals surface area (Å²) in [6, 6.07) is 0.169. The van der Waals surface area contributed by atoms with Crippen LogP contribution >= 0.6 is 0 Å². The summed E-state index contributed by atoms with van der Waals surface area (Å²) in [4.78, 5) is 14.1. The Balaban J connectivity index is 1.83. The Labute approximate surface area is 98.4 Å². The second kappa shape index (κ2) is 4.36. The summed E-state index contributed by atoms with van der Waals surface area (Å²) in [7, 11) is 0. The topological polar surface area (TPSA) is 46.3 Å². The Kier molecular flexibility index (Phi) is 3.24. The lowest BCUT2D eigenvalue weighted by Gasteiger charge is -2.32. The summed E-state index contributed by atoms with van der Waals surface area (Å²) in [6.45, 7) is 5.00. The zero-order valence-corrected chi connectivity index (χ0v) is 10.5. The van der Waals surface area contributed by atoms with Crippen molar-refractivity contribution in [1.29, 1.82) is 0 Å². The van der Waals surface area contributed by atoms with Gasteiger partial charge in [0.15, 0.2) is 0 Å². The monoisotopic (exact) mass is 224 g/mol. The Morgan fingerprint density at radius 2 is 2.12 bits per heavy atom. The molecule has 0 aromatic carbocycles. The quantitative estimate of drug-likeness (QED) is 0.796. The van der Waals surface area contributed by atoms with Crippen LogP contribution in [0.4, 0.5) is 0 Å². The first-order chi connectivity index (χ1) is 7.49. The molecule has 1 aliphatic heterocycles. The average molecular weight is 224 g/mol. The maximum Gasteiger partial charge on any atom is 0.223 e. The molecule has 2 N–H and O–H groups in total. The molecule has 3 heteroatoms. The third-order valence-electron chi connectivity index (χ3n) is 4.20. The number of carbonyl (C=O) groups excluding carboxylic acids is 1. The van der Waals surface area contributed by atoms with Gasteiger partial charge in [0.1, 0.15) is 0 Å². The number of nitrogens with two attached hydrogens (primary N) is 1. The number of amides is 1. The number of hydrogen-bond donors (Lipinski definition) is 1. The highest BCUT2D eigenvalue weighted by Crippen LogP contribution is 2.32. The second-order valence-corrected chi connectivity index (χ2v) is 6.12. The van der Waals surface area contributed by atoms with E-state index in [-0.39, 0.29) is 11.6 Å². The summed E-state index contributed by atoms with van der Waals surface area (Å²) in [5.41, 5.74) is 5.91. The minimum Gasteiger partial charge on any atom is -0.336 e. The highest BCUT2D eigenvalue weighted by atomic mass is 16.2. The largest absolute Gasteiger partial charge is 0.336 e. The van der Waals surface area contributed by atoms with Crippen molar-refractivity contribution in [2.75, 3.05) is 6.54 Å². The maximum atomic E-state index is 12.1. The molecule has 1 atom stereocenters. The predicted molar refractivity (Wildman–Crippen MR) is 65.0 cm³/mol. The van der Waals surface area contributed by atoms with E-state index in [1.807, 2.05) is 4.90 Å². The van der Waals surface area contributed by atoms with Gasteiger partial charge in [-0.05, 0) is 32.6 Å². The molecule has 1 saturated carbocycles. The van der Waals surface area contributed by atoms with Gasteiger partial charge in [0, 0.05) is 24.5 Å². The molecule has 2 rings (SSSR count). The predicted octanol–water partition coefficient (Wildman–Crippen LogP) is 1.90. The van der Waals surface area contributed by atoms with Crippen LogP contribution in [-0.2, 0) is 4.79 Å². The number of hydrogen-bond acceptors (Lipinski definition) is 2. The SMILES string of the molecule is CC1(C)CC(N)CN1C(=O)CCC1CCC1. The van der Waals surface area contributed by atoms with Crippen LogP contribution in [0.15, 0.2) is 0 Å². The molecular formula is C13H24N2O. The summed E-state index contributed by atoms with van der Waals surface area (Å²) in [5.74, 6) is 1.13. The van der Waals surface area contributed by atoms with Crippen molar-refractivity contribution in [3.05, 3.63) is 0 Å². The first kappa shape index (κ1) is 11.9. The van der Waals surface area contributed by atoms with E-state index in [9.17, 15) is 4.79 Å². The standard InChI is InChI=1S/C13H24N2O/c1-13(2)8-11(14)9-15(13)12(16)7-6-10-4-3-5-10/h10-11H,3-9,14H2,1-2H3. The fourth-order valence-corrected chi connectivity index (χ4v) is 2.98. The molecule has 1 saturated heterocycles. The molecule has 2 fully saturated rings. The molecule has 0 bridgehead atoms. The van der Waals surface area contributed by atoms with Crippen LogP contribution in [0.3, 0.4) is 0 Å². The molecule has 16 heavy (non-hydrogen) atoms. The molecule has 1 heterocycles. The van der Waals surface area contributed by atoms with Crippen molar-refractivity contribution in [3.63, 3.8) is 0 Å². The van der Waals surface area contributed by atoms with Gasteiger partial charge in [-0.1, -0.05) is 19.3 Å². The van der Waals surface area contributed by atoms with Gasteiger partial charge >= 0.3 is 0 Å². The van der Waals surface area contributed by atoms with E-state index in [0.717, 1.165) is 31.7 Å². The van der Waals surface area contributed by atoms with Gasteiger partial charge in [0.05, 0.1) is 0 Å². The molecule has 0 radical (unpaired) electrons. The van der Waals surface area contributed by atoms with Crippen molar-refractivity contribution >= 4 is 5.91 Å². The normalized spacial score (nSPS) is 29.2. The average Bonchev–Trinajstić information content (AvgIpc) is 2.36. The molecule has 1 amide bonds. The summed E-state index contributed by atoms with van der Waals surface area (Å²) in [5, 5.41) is 0. The van der Waals surface area contributed by atoms with Crippen molar-refractivity contribution in [2.45, 2.75) is 64.0 Å². The van der Waals surface area contributed by atoms with Gasteiger partial charge in [-0.2, -0.15) is 0 Å². The van der Waals surface area contributed by atoms with Gasteiger partial charge in [0.2, 0.25) is 5.91 Å². The van der Waals surface area contributed by atoms with Crippen LogP contribution in [-0.4, -0.2) is 28.9 Å². The van der Waals surface area contributed by atoms with Crippen molar-refractivity contribution < 1.29 is 4.79 Å². The first-order valence-electron chi connectivity index (χ1n) is 6.55. The Morgan fingerprint density at radius 3 is 2.56 bits per heavy atom. The molecule has 0 aromatic rings. The maximum absolute atomic E-state index is 12.1. The van der Waals surface area contributed by atoms with E-state index in [0.29, 0.717) is 5.91 Å². The van der Waals surface area contributed by atoms with Gasteiger partial charge in [-0.3, -0.25) is 4.79 Å². The number of rotatable bonds is 3. The molecular weight excluding hydrogens is 200 g/mol. The Bertz CT molecular complexity index is 271. The van der Waals surface area contributed by atoms with Crippen molar-refractivity contribution in [1.82, 2.24) is 4.90 Å². The summed E-state index contributed by atoms with van der Waals surface area (Å²) >= 11 is 0. The highest BCUT2D eigenvalue weighted by molar-refractivity contribution is 5.77. The molecule has 92 valence electrons. The molecule has 1 unspecified atom stereocenters. The molecule has 3 nitrogen and oxygen atoms in total. The smallest absolute Gasteiger partial charge is 0.223 e. The zero-order chi connectivity index (χ0) is 11.8. The van der Waals surface area contributed by atoms with E-state index in [1.54, 1.807) is 0 Å². The van der Waals surface area contributed by atoms with Crippen molar-refractivity contribution in [2.24, 2.45) is 11.7 Å². The van der Waals surface area contributed by atoms with Crippen LogP contribution in [0.5, 0.6) is 0 Å². The summed E-state index contributed by atoms with van der Waals surface area (Å²) in [6.07, 6.45) is 6.76. The minimum absolute atomic E-state index is 0.0316. The lowest BCUT2D eigenvalue weighted by Crippen LogP contribution is -2.43. The third kappa shape index (κ3) is 2.40. The Hall–Kier alpha value is -0.570.